The summed E-state index contributed by atoms with van der Waals surface area (Å²) in [5.74, 6) is -0.280. The van der Waals surface area contributed by atoms with Gasteiger partial charge in [-0.15, -0.1) is 11.3 Å². The SMILES string of the molecule is O=C(Nc1nccs1)c1ccncc1Cl. The van der Waals surface area contributed by atoms with Gasteiger partial charge in [0.2, 0.25) is 0 Å². The highest BCUT2D eigenvalue weighted by Gasteiger charge is 2.10. The number of carbonyl (C=O) groups excluding carboxylic acids is 1. The van der Waals surface area contributed by atoms with E-state index in [1.165, 1.54) is 23.7 Å². The standard InChI is InChI=1S/C9H6ClN3OS/c10-7-5-11-2-1-6(7)8(14)13-9-12-3-4-15-9/h1-5H,(H,12,13,14). The van der Waals surface area contributed by atoms with Crippen LogP contribution in [0.25, 0.3) is 0 Å². The molecule has 0 spiro atoms. The monoisotopic (exact) mass is 239 g/mol. The molecule has 0 saturated heterocycles. The maximum Gasteiger partial charge on any atom is 0.259 e. The van der Waals surface area contributed by atoms with Crippen molar-refractivity contribution in [1.82, 2.24) is 9.97 Å². The Morgan fingerprint density at radius 3 is 3.00 bits per heavy atom. The molecule has 0 bridgehead atoms. The van der Waals surface area contributed by atoms with E-state index < -0.39 is 0 Å². The van der Waals surface area contributed by atoms with E-state index in [1.54, 1.807) is 17.6 Å². The van der Waals surface area contributed by atoms with Gasteiger partial charge in [0, 0.05) is 24.0 Å². The Hall–Kier alpha value is -1.46. The molecule has 0 fully saturated rings. The highest BCUT2D eigenvalue weighted by atomic mass is 35.5. The predicted molar refractivity (Wildman–Crippen MR) is 59.3 cm³/mol. The quantitative estimate of drug-likeness (QED) is 0.876. The maximum absolute atomic E-state index is 11.7. The first-order valence-corrected chi connectivity index (χ1v) is 5.33. The Kier molecular flexibility index (Phi) is 2.94. The number of pyridine rings is 1. The van der Waals surface area contributed by atoms with Crippen LogP contribution in [0.15, 0.2) is 30.0 Å². The Bertz CT molecular complexity index is 472. The summed E-state index contributed by atoms with van der Waals surface area (Å²) in [4.78, 5) is 19.4. The van der Waals surface area contributed by atoms with Crippen molar-refractivity contribution in [2.75, 3.05) is 5.32 Å². The van der Waals surface area contributed by atoms with Crippen LogP contribution in [0, 0.1) is 0 Å². The zero-order valence-electron chi connectivity index (χ0n) is 7.48. The molecule has 2 aromatic heterocycles. The maximum atomic E-state index is 11.7. The second kappa shape index (κ2) is 4.37. The van der Waals surface area contributed by atoms with Crippen molar-refractivity contribution < 1.29 is 4.79 Å². The number of nitrogens with zero attached hydrogens (tertiary/aromatic N) is 2. The molecule has 0 atom stereocenters. The van der Waals surface area contributed by atoms with E-state index >= 15 is 0 Å². The van der Waals surface area contributed by atoms with E-state index in [-0.39, 0.29) is 5.91 Å². The molecule has 0 unspecified atom stereocenters. The molecule has 0 saturated carbocycles. The molecular formula is C9H6ClN3OS. The normalized spacial score (nSPS) is 9.93. The Balaban J connectivity index is 2.19. The molecule has 1 amide bonds. The highest BCUT2D eigenvalue weighted by molar-refractivity contribution is 7.13. The molecule has 2 heterocycles. The van der Waals surface area contributed by atoms with Gasteiger partial charge in [-0.3, -0.25) is 15.1 Å². The van der Waals surface area contributed by atoms with Crippen LogP contribution in [0.2, 0.25) is 5.02 Å². The number of hydrogen-bond acceptors (Lipinski definition) is 4. The third-order valence-electron chi connectivity index (χ3n) is 1.67. The summed E-state index contributed by atoms with van der Waals surface area (Å²) in [5.41, 5.74) is 0.391. The van der Waals surface area contributed by atoms with Crippen LogP contribution in [0.1, 0.15) is 10.4 Å². The summed E-state index contributed by atoms with van der Waals surface area (Å²) in [5, 5.41) is 5.29. The number of anilines is 1. The van der Waals surface area contributed by atoms with Crippen LogP contribution in [0.4, 0.5) is 5.13 Å². The van der Waals surface area contributed by atoms with Gasteiger partial charge >= 0.3 is 0 Å². The molecule has 4 nitrogen and oxygen atoms in total. The van der Waals surface area contributed by atoms with Crippen molar-refractivity contribution in [1.29, 1.82) is 0 Å². The molecule has 0 aliphatic rings. The molecule has 2 rings (SSSR count). The van der Waals surface area contributed by atoms with Gasteiger partial charge in [0.25, 0.3) is 5.91 Å². The van der Waals surface area contributed by atoms with Gasteiger partial charge < -0.3 is 0 Å². The number of nitrogens with one attached hydrogen (secondary N) is 1. The fraction of sp³-hybridized carbons (Fsp3) is 0. The number of thiazole rings is 1. The Morgan fingerprint density at radius 2 is 2.33 bits per heavy atom. The van der Waals surface area contributed by atoms with Gasteiger partial charge in [-0.05, 0) is 6.07 Å². The van der Waals surface area contributed by atoms with Gasteiger partial charge in [-0.2, -0.15) is 0 Å². The van der Waals surface area contributed by atoms with Gasteiger partial charge in [0.1, 0.15) is 0 Å². The second-order valence-electron chi connectivity index (χ2n) is 2.65. The van der Waals surface area contributed by atoms with Crippen LogP contribution in [0.3, 0.4) is 0 Å². The number of carbonyl (C=O) groups is 1. The summed E-state index contributed by atoms with van der Waals surface area (Å²) >= 11 is 7.17. The topological polar surface area (TPSA) is 54.9 Å². The number of hydrogen-bond donors (Lipinski definition) is 1. The molecule has 0 aromatic carbocycles. The molecule has 1 N–H and O–H groups in total. The van der Waals surface area contributed by atoms with Crippen LogP contribution in [-0.4, -0.2) is 15.9 Å². The summed E-state index contributed by atoms with van der Waals surface area (Å²) in [6.07, 6.45) is 4.56. The first kappa shape index (κ1) is 10.1. The molecule has 0 radical (unpaired) electrons. The average Bonchev–Trinajstić information content (AvgIpc) is 2.71. The van der Waals surface area contributed by atoms with Crippen molar-refractivity contribution in [3.05, 3.63) is 40.6 Å². The fourth-order valence-corrected chi connectivity index (χ4v) is 1.74. The summed E-state index contributed by atoms with van der Waals surface area (Å²) in [6.45, 7) is 0. The number of aromatic nitrogens is 2. The summed E-state index contributed by atoms with van der Waals surface area (Å²) in [6, 6.07) is 1.56. The van der Waals surface area contributed by atoms with Crippen LogP contribution in [-0.2, 0) is 0 Å². The number of rotatable bonds is 2. The first-order chi connectivity index (χ1) is 7.27. The lowest BCUT2D eigenvalue weighted by Crippen LogP contribution is -2.12. The van der Waals surface area contributed by atoms with E-state index in [1.807, 2.05) is 0 Å². The van der Waals surface area contributed by atoms with E-state index in [4.69, 9.17) is 11.6 Å². The minimum Gasteiger partial charge on any atom is -0.298 e. The van der Waals surface area contributed by atoms with Crippen molar-refractivity contribution in [2.45, 2.75) is 0 Å². The first-order valence-electron chi connectivity index (χ1n) is 4.08. The molecular weight excluding hydrogens is 234 g/mol. The van der Waals surface area contributed by atoms with Gasteiger partial charge in [-0.1, -0.05) is 11.6 Å². The second-order valence-corrected chi connectivity index (χ2v) is 3.95. The lowest BCUT2D eigenvalue weighted by atomic mass is 10.2. The lowest BCUT2D eigenvalue weighted by Gasteiger charge is -2.02. The van der Waals surface area contributed by atoms with Crippen LogP contribution in [0.5, 0.6) is 0 Å². The fourth-order valence-electron chi connectivity index (χ4n) is 1.01. The predicted octanol–water partition coefficient (Wildman–Crippen LogP) is 2.44. The van der Waals surface area contributed by atoms with E-state index in [2.05, 4.69) is 15.3 Å². The molecule has 15 heavy (non-hydrogen) atoms. The zero-order valence-corrected chi connectivity index (χ0v) is 9.05. The molecule has 0 aliphatic carbocycles. The zero-order chi connectivity index (χ0) is 10.7. The van der Waals surface area contributed by atoms with E-state index in [0.717, 1.165) is 0 Å². The minimum atomic E-state index is -0.280. The number of amides is 1. The molecule has 0 aliphatic heterocycles. The van der Waals surface area contributed by atoms with E-state index in [0.29, 0.717) is 15.7 Å². The Morgan fingerprint density at radius 1 is 1.47 bits per heavy atom. The van der Waals surface area contributed by atoms with E-state index in [9.17, 15) is 4.79 Å². The highest BCUT2D eigenvalue weighted by Crippen LogP contribution is 2.16. The third-order valence-corrected chi connectivity index (χ3v) is 2.66. The van der Waals surface area contributed by atoms with Crippen molar-refractivity contribution in [3.63, 3.8) is 0 Å². The van der Waals surface area contributed by atoms with Crippen LogP contribution >= 0.6 is 22.9 Å². The summed E-state index contributed by atoms with van der Waals surface area (Å²) < 4.78 is 0. The minimum absolute atomic E-state index is 0.280. The number of halogens is 1. The molecule has 2 aromatic rings. The Labute approximate surface area is 94.9 Å². The average molecular weight is 240 g/mol. The van der Waals surface area contributed by atoms with Crippen molar-refractivity contribution >= 4 is 34.0 Å². The smallest absolute Gasteiger partial charge is 0.259 e. The van der Waals surface area contributed by atoms with Crippen molar-refractivity contribution in [3.8, 4) is 0 Å². The van der Waals surface area contributed by atoms with Crippen molar-refractivity contribution in [2.24, 2.45) is 0 Å². The van der Waals surface area contributed by atoms with Gasteiger partial charge in [0.05, 0.1) is 10.6 Å². The largest absolute Gasteiger partial charge is 0.298 e. The van der Waals surface area contributed by atoms with Crippen LogP contribution < -0.4 is 5.32 Å². The molecule has 76 valence electrons. The third kappa shape index (κ3) is 2.31. The summed E-state index contributed by atoms with van der Waals surface area (Å²) in [7, 11) is 0. The molecule has 6 heteroatoms. The lowest BCUT2D eigenvalue weighted by molar-refractivity contribution is 0.102. The van der Waals surface area contributed by atoms with Gasteiger partial charge in [0.15, 0.2) is 5.13 Å². The van der Waals surface area contributed by atoms with Gasteiger partial charge in [-0.25, -0.2) is 4.98 Å².